The summed E-state index contributed by atoms with van der Waals surface area (Å²) in [5, 5.41) is 0. The minimum atomic E-state index is 0.114. The van der Waals surface area contributed by atoms with Crippen LogP contribution >= 0.6 is 0 Å². The maximum Gasteiger partial charge on any atom is 0.227 e. The van der Waals surface area contributed by atoms with Gasteiger partial charge < -0.3 is 9.80 Å². The third kappa shape index (κ3) is 5.72. The Kier molecular flexibility index (Phi) is 7.99. The Morgan fingerprint density at radius 2 is 1.62 bits per heavy atom. The van der Waals surface area contributed by atoms with Gasteiger partial charge in [-0.1, -0.05) is 29.8 Å². The number of hydrogen-bond acceptors (Lipinski definition) is 4. The summed E-state index contributed by atoms with van der Waals surface area (Å²) in [6, 6.07) is 8.16. The molecule has 1 aliphatic rings. The van der Waals surface area contributed by atoms with Gasteiger partial charge in [-0.15, -0.1) is 0 Å². The molecule has 2 heterocycles. The number of aromatic nitrogens is 2. The van der Waals surface area contributed by atoms with Crippen LogP contribution in [-0.2, 0) is 22.4 Å². The van der Waals surface area contributed by atoms with Gasteiger partial charge in [-0.25, -0.2) is 9.97 Å². The quantitative estimate of drug-likeness (QED) is 0.663. The molecule has 1 aromatic heterocycles. The summed E-state index contributed by atoms with van der Waals surface area (Å²) in [6.07, 6.45) is 2.70. The standard InChI is InChI=1S/C26H36N4O2/c1-6-29(7-2)25(32)16-23-19(4)27-26(28-20(23)5)22-9-8-14-30(17-22)24(31)15-21-12-10-18(3)11-13-21/h10-13,22H,6-9,14-17H2,1-5H3/t22-/m1/s1. The fraction of sp³-hybridized carbons (Fsp3) is 0.538. The minimum Gasteiger partial charge on any atom is -0.343 e. The highest BCUT2D eigenvalue weighted by atomic mass is 16.2. The van der Waals surface area contributed by atoms with E-state index in [4.69, 9.17) is 9.97 Å². The molecule has 0 N–H and O–H groups in total. The van der Waals surface area contributed by atoms with E-state index < -0.39 is 0 Å². The van der Waals surface area contributed by atoms with E-state index in [0.717, 1.165) is 47.7 Å². The number of amides is 2. The van der Waals surface area contributed by atoms with Crippen LogP contribution in [-0.4, -0.2) is 57.8 Å². The van der Waals surface area contributed by atoms with Crippen LogP contribution in [0, 0.1) is 20.8 Å². The van der Waals surface area contributed by atoms with E-state index in [1.807, 2.05) is 61.8 Å². The number of piperidine rings is 1. The molecule has 0 saturated carbocycles. The molecule has 0 unspecified atom stereocenters. The van der Waals surface area contributed by atoms with E-state index in [1.165, 1.54) is 5.56 Å². The first-order valence-electron chi connectivity index (χ1n) is 11.8. The van der Waals surface area contributed by atoms with Gasteiger partial charge in [0, 0.05) is 49.0 Å². The van der Waals surface area contributed by atoms with Crippen LogP contribution in [0.4, 0.5) is 0 Å². The molecule has 1 atom stereocenters. The molecule has 1 saturated heterocycles. The van der Waals surface area contributed by atoms with Crippen LogP contribution in [0.25, 0.3) is 0 Å². The van der Waals surface area contributed by atoms with Crippen LogP contribution < -0.4 is 0 Å². The summed E-state index contributed by atoms with van der Waals surface area (Å²) < 4.78 is 0. The molecule has 6 heteroatoms. The van der Waals surface area contributed by atoms with Gasteiger partial charge in [-0.2, -0.15) is 0 Å². The van der Waals surface area contributed by atoms with Gasteiger partial charge in [0.05, 0.1) is 12.8 Å². The molecule has 0 spiro atoms. The Bertz CT molecular complexity index is 928. The second-order valence-corrected chi connectivity index (χ2v) is 8.82. The number of aryl methyl sites for hydroxylation is 3. The van der Waals surface area contributed by atoms with E-state index in [-0.39, 0.29) is 17.7 Å². The number of benzene rings is 1. The van der Waals surface area contributed by atoms with Gasteiger partial charge >= 0.3 is 0 Å². The van der Waals surface area contributed by atoms with Crippen molar-refractivity contribution in [2.45, 2.75) is 66.2 Å². The Morgan fingerprint density at radius 3 is 2.22 bits per heavy atom. The van der Waals surface area contributed by atoms with Crippen molar-refractivity contribution < 1.29 is 9.59 Å². The number of carbonyl (C=O) groups excluding carboxylic acids is 2. The zero-order valence-electron chi connectivity index (χ0n) is 20.1. The second-order valence-electron chi connectivity index (χ2n) is 8.82. The topological polar surface area (TPSA) is 66.4 Å². The van der Waals surface area contributed by atoms with E-state index in [1.54, 1.807) is 0 Å². The van der Waals surface area contributed by atoms with Crippen molar-refractivity contribution in [1.82, 2.24) is 19.8 Å². The van der Waals surface area contributed by atoms with Crippen LogP contribution in [0.1, 0.15) is 66.5 Å². The highest BCUT2D eigenvalue weighted by Gasteiger charge is 2.27. The predicted octanol–water partition coefficient (Wildman–Crippen LogP) is 3.76. The number of carbonyl (C=O) groups is 2. The largest absolute Gasteiger partial charge is 0.343 e. The van der Waals surface area contributed by atoms with Crippen LogP contribution in [0.3, 0.4) is 0 Å². The van der Waals surface area contributed by atoms with Gasteiger partial charge in [0.15, 0.2) is 0 Å². The van der Waals surface area contributed by atoms with Gasteiger partial charge in [0.25, 0.3) is 0 Å². The smallest absolute Gasteiger partial charge is 0.227 e. The highest BCUT2D eigenvalue weighted by Crippen LogP contribution is 2.26. The summed E-state index contributed by atoms with van der Waals surface area (Å²) in [5.41, 5.74) is 4.92. The third-order valence-corrected chi connectivity index (χ3v) is 6.50. The molecule has 32 heavy (non-hydrogen) atoms. The summed E-state index contributed by atoms with van der Waals surface area (Å²) in [6.45, 7) is 12.8. The highest BCUT2D eigenvalue weighted by molar-refractivity contribution is 5.79. The van der Waals surface area contributed by atoms with Crippen molar-refractivity contribution in [2.75, 3.05) is 26.2 Å². The summed E-state index contributed by atoms with van der Waals surface area (Å²) >= 11 is 0. The maximum absolute atomic E-state index is 12.9. The molecule has 1 fully saturated rings. The first-order chi connectivity index (χ1) is 15.3. The number of likely N-dealkylation sites (N-methyl/N-ethyl adjacent to an activating group) is 1. The number of rotatable bonds is 7. The van der Waals surface area contributed by atoms with E-state index >= 15 is 0 Å². The van der Waals surface area contributed by atoms with Crippen LogP contribution in [0.5, 0.6) is 0 Å². The predicted molar refractivity (Wildman–Crippen MR) is 127 cm³/mol. The Balaban J connectivity index is 1.70. The molecule has 1 aromatic carbocycles. The summed E-state index contributed by atoms with van der Waals surface area (Å²) in [7, 11) is 0. The number of likely N-dealkylation sites (tertiary alicyclic amines) is 1. The third-order valence-electron chi connectivity index (χ3n) is 6.50. The lowest BCUT2D eigenvalue weighted by molar-refractivity contribution is -0.132. The zero-order valence-corrected chi connectivity index (χ0v) is 20.1. The number of nitrogens with zero attached hydrogens (tertiary/aromatic N) is 4. The van der Waals surface area contributed by atoms with Crippen molar-refractivity contribution in [3.8, 4) is 0 Å². The van der Waals surface area contributed by atoms with Crippen molar-refractivity contribution in [1.29, 1.82) is 0 Å². The van der Waals surface area contributed by atoms with Gasteiger partial charge in [-0.3, -0.25) is 9.59 Å². The molecule has 172 valence electrons. The summed E-state index contributed by atoms with van der Waals surface area (Å²) in [5.74, 6) is 1.21. The van der Waals surface area contributed by atoms with Crippen molar-refractivity contribution in [3.05, 3.63) is 58.2 Å². The van der Waals surface area contributed by atoms with Crippen molar-refractivity contribution in [3.63, 3.8) is 0 Å². The summed E-state index contributed by atoms with van der Waals surface area (Å²) in [4.78, 5) is 38.9. The zero-order chi connectivity index (χ0) is 23.3. The fourth-order valence-corrected chi connectivity index (χ4v) is 4.45. The number of hydrogen-bond donors (Lipinski definition) is 0. The first-order valence-corrected chi connectivity index (χ1v) is 11.8. The molecule has 6 nitrogen and oxygen atoms in total. The average Bonchev–Trinajstić information content (AvgIpc) is 2.78. The van der Waals surface area contributed by atoms with Crippen molar-refractivity contribution in [2.24, 2.45) is 0 Å². The molecule has 2 aromatic rings. The Hall–Kier alpha value is -2.76. The lowest BCUT2D eigenvalue weighted by atomic mass is 9.95. The fourth-order valence-electron chi connectivity index (χ4n) is 4.45. The molecule has 0 bridgehead atoms. The minimum absolute atomic E-state index is 0.114. The Labute approximate surface area is 192 Å². The van der Waals surface area contributed by atoms with Crippen molar-refractivity contribution >= 4 is 11.8 Å². The normalized spacial score (nSPS) is 16.2. The maximum atomic E-state index is 12.9. The average molecular weight is 437 g/mol. The van der Waals surface area contributed by atoms with E-state index in [9.17, 15) is 9.59 Å². The second kappa shape index (κ2) is 10.7. The van der Waals surface area contributed by atoms with E-state index in [2.05, 4.69) is 6.92 Å². The molecule has 1 aliphatic heterocycles. The van der Waals surface area contributed by atoms with Gasteiger partial charge in [0.1, 0.15) is 5.82 Å². The first kappa shape index (κ1) is 23.9. The lowest BCUT2D eigenvalue weighted by Crippen LogP contribution is -2.40. The molecule has 2 amide bonds. The SMILES string of the molecule is CCN(CC)C(=O)Cc1c(C)nc([C@@H]2CCCN(C(=O)Cc3ccc(C)cc3)C2)nc1C. The molecular formula is C26H36N4O2. The molecule has 3 rings (SSSR count). The van der Waals surface area contributed by atoms with Gasteiger partial charge in [0.2, 0.25) is 11.8 Å². The van der Waals surface area contributed by atoms with Crippen LogP contribution in [0.2, 0.25) is 0 Å². The monoisotopic (exact) mass is 436 g/mol. The van der Waals surface area contributed by atoms with E-state index in [0.29, 0.717) is 32.5 Å². The van der Waals surface area contributed by atoms with Crippen LogP contribution in [0.15, 0.2) is 24.3 Å². The molecule has 0 radical (unpaired) electrons. The Morgan fingerprint density at radius 1 is 1.00 bits per heavy atom. The molecule has 0 aliphatic carbocycles. The molecular weight excluding hydrogens is 400 g/mol. The lowest BCUT2D eigenvalue weighted by Gasteiger charge is -2.32. The van der Waals surface area contributed by atoms with Gasteiger partial charge in [-0.05, 0) is 53.0 Å².